The lowest BCUT2D eigenvalue weighted by Crippen LogP contribution is -2.32. The van der Waals surface area contributed by atoms with E-state index in [1.54, 1.807) is 0 Å². The van der Waals surface area contributed by atoms with Crippen LogP contribution < -0.4 is 5.32 Å². The molecule has 0 bridgehead atoms. The molecule has 0 aromatic rings. The first kappa shape index (κ1) is 9.75. The lowest BCUT2D eigenvalue weighted by Gasteiger charge is -2.27. The van der Waals surface area contributed by atoms with Crippen molar-refractivity contribution >= 4 is 5.71 Å². The van der Waals surface area contributed by atoms with Gasteiger partial charge in [-0.25, -0.2) is 0 Å². The largest absolute Gasteiger partial charge is 0.378 e. The molecule has 1 fully saturated rings. The van der Waals surface area contributed by atoms with Crippen LogP contribution in [0.25, 0.3) is 0 Å². The SMILES string of the molecule is CC1=C2NC(C)(C)CC2=NC(C)(C)C1. The summed E-state index contributed by atoms with van der Waals surface area (Å²) in [5.41, 5.74) is 4.35. The van der Waals surface area contributed by atoms with Crippen LogP contribution in [-0.2, 0) is 0 Å². The zero-order valence-electron chi connectivity index (χ0n) is 9.86. The Morgan fingerprint density at radius 3 is 2.43 bits per heavy atom. The minimum atomic E-state index is 0.102. The second-order valence-corrected chi connectivity index (χ2v) is 5.89. The highest BCUT2D eigenvalue weighted by atomic mass is 15.1. The fourth-order valence-electron chi connectivity index (χ4n) is 2.55. The van der Waals surface area contributed by atoms with Gasteiger partial charge in [0, 0.05) is 12.0 Å². The van der Waals surface area contributed by atoms with E-state index in [9.17, 15) is 0 Å². The Morgan fingerprint density at radius 1 is 1.14 bits per heavy atom. The van der Waals surface area contributed by atoms with E-state index in [1.165, 1.54) is 17.0 Å². The molecule has 0 spiro atoms. The maximum atomic E-state index is 4.82. The Kier molecular flexibility index (Phi) is 1.82. The van der Waals surface area contributed by atoms with Crippen LogP contribution in [0.1, 0.15) is 47.5 Å². The lowest BCUT2D eigenvalue weighted by atomic mass is 9.90. The summed E-state index contributed by atoms with van der Waals surface area (Å²) in [6.07, 6.45) is 2.14. The van der Waals surface area contributed by atoms with Crippen LogP contribution in [0.3, 0.4) is 0 Å². The van der Waals surface area contributed by atoms with Crippen LogP contribution in [0.2, 0.25) is 0 Å². The molecule has 0 aromatic heterocycles. The Hall–Kier alpha value is -0.790. The predicted molar refractivity (Wildman–Crippen MR) is 60.7 cm³/mol. The average Bonchev–Trinajstić information content (AvgIpc) is 2.21. The Balaban J connectivity index is 2.41. The van der Waals surface area contributed by atoms with Crippen molar-refractivity contribution in [2.24, 2.45) is 4.99 Å². The normalized spacial score (nSPS) is 28.2. The van der Waals surface area contributed by atoms with Crippen LogP contribution in [-0.4, -0.2) is 16.8 Å². The average molecular weight is 192 g/mol. The number of hydrogen-bond donors (Lipinski definition) is 1. The van der Waals surface area contributed by atoms with Gasteiger partial charge in [0.1, 0.15) is 0 Å². The molecule has 2 heterocycles. The van der Waals surface area contributed by atoms with Gasteiger partial charge in [-0.3, -0.25) is 4.99 Å². The summed E-state index contributed by atoms with van der Waals surface area (Å²) in [6.45, 7) is 11.1. The molecule has 0 aliphatic carbocycles. The molecule has 0 radical (unpaired) electrons. The molecule has 0 atom stereocenters. The van der Waals surface area contributed by atoms with Gasteiger partial charge in [-0.05, 0) is 46.6 Å². The molecule has 0 unspecified atom stereocenters. The standard InChI is InChI=1S/C12H20N2/c1-8-6-11(2,3)13-9-7-12(4,5)14-10(8)9/h14H,6-7H2,1-5H3. The Labute approximate surface area is 86.5 Å². The van der Waals surface area contributed by atoms with Crippen molar-refractivity contribution in [2.45, 2.75) is 58.5 Å². The van der Waals surface area contributed by atoms with Gasteiger partial charge in [-0.1, -0.05) is 0 Å². The first-order valence-electron chi connectivity index (χ1n) is 5.36. The van der Waals surface area contributed by atoms with Crippen molar-refractivity contribution < 1.29 is 0 Å². The number of rotatable bonds is 0. The van der Waals surface area contributed by atoms with Gasteiger partial charge >= 0.3 is 0 Å². The first-order valence-corrected chi connectivity index (χ1v) is 5.36. The third kappa shape index (κ3) is 1.58. The van der Waals surface area contributed by atoms with Crippen LogP contribution in [0.4, 0.5) is 0 Å². The quantitative estimate of drug-likeness (QED) is 0.627. The highest BCUT2D eigenvalue weighted by molar-refractivity contribution is 6.04. The van der Waals surface area contributed by atoms with Crippen molar-refractivity contribution in [3.63, 3.8) is 0 Å². The monoisotopic (exact) mass is 192 g/mol. The lowest BCUT2D eigenvalue weighted by molar-refractivity contribution is 0.481. The molecule has 78 valence electrons. The Bertz CT molecular complexity index is 332. The van der Waals surface area contributed by atoms with Gasteiger partial charge in [-0.2, -0.15) is 0 Å². The zero-order valence-corrected chi connectivity index (χ0v) is 9.86. The smallest absolute Gasteiger partial charge is 0.0608 e. The number of nitrogens with zero attached hydrogens (tertiary/aromatic N) is 1. The van der Waals surface area contributed by atoms with E-state index in [0.717, 1.165) is 12.8 Å². The van der Waals surface area contributed by atoms with E-state index in [-0.39, 0.29) is 11.1 Å². The van der Waals surface area contributed by atoms with Crippen molar-refractivity contribution in [3.8, 4) is 0 Å². The van der Waals surface area contributed by atoms with Gasteiger partial charge in [0.05, 0.1) is 16.9 Å². The van der Waals surface area contributed by atoms with E-state index >= 15 is 0 Å². The molecule has 2 nitrogen and oxygen atoms in total. The van der Waals surface area contributed by atoms with Gasteiger partial charge < -0.3 is 5.32 Å². The molecule has 2 aliphatic heterocycles. The van der Waals surface area contributed by atoms with Crippen molar-refractivity contribution in [1.82, 2.24) is 5.32 Å². The van der Waals surface area contributed by atoms with E-state index in [1.807, 2.05) is 0 Å². The van der Waals surface area contributed by atoms with Crippen LogP contribution in [0.15, 0.2) is 16.3 Å². The summed E-state index contributed by atoms with van der Waals surface area (Å²) in [4.78, 5) is 4.82. The summed E-state index contributed by atoms with van der Waals surface area (Å²) in [5.74, 6) is 0. The van der Waals surface area contributed by atoms with E-state index in [0.29, 0.717) is 0 Å². The number of dihydropyridines is 1. The molecule has 0 amide bonds. The molecule has 0 aromatic carbocycles. The van der Waals surface area contributed by atoms with Gasteiger partial charge in [0.2, 0.25) is 0 Å². The summed E-state index contributed by atoms with van der Waals surface area (Å²) in [6, 6.07) is 0. The fourth-order valence-corrected chi connectivity index (χ4v) is 2.55. The van der Waals surface area contributed by atoms with Crippen molar-refractivity contribution in [3.05, 3.63) is 11.3 Å². The second kappa shape index (κ2) is 2.62. The molecule has 2 aliphatic rings. The topological polar surface area (TPSA) is 24.4 Å². The van der Waals surface area contributed by atoms with Gasteiger partial charge in [-0.15, -0.1) is 0 Å². The van der Waals surface area contributed by atoms with Crippen LogP contribution >= 0.6 is 0 Å². The fraction of sp³-hybridized carbons (Fsp3) is 0.750. The zero-order chi connectivity index (χ0) is 10.6. The minimum absolute atomic E-state index is 0.102. The van der Waals surface area contributed by atoms with Crippen LogP contribution in [0, 0.1) is 0 Å². The Morgan fingerprint density at radius 2 is 1.79 bits per heavy atom. The van der Waals surface area contributed by atoms with Crippen LogP contribution in [0.5, 0.6) is 0 Å². The number of hydrogen-bond acceptors (Lipinski definition) is 2. The third-order valence-electron chi connectivity index (χ3n) is 2.92. The molecular weight excluding hydrogens is 172 g/mol. The second-order valence-electron chi connectivity index (χ2n) is 5.89. The molecule has 1 saturated heterocycles. The maximum absolute atomic E-state index is 4.82. The van der Waals surface area contributed by atoms with Gasteiger partial charge in [0.25, 0.3) is 0 Å². The highest BCUT2D eigenvalue weighted by Crippen LogP contribution is 2.34. The van der Waals surface area contributed by atoms with E-state index in [2.05, 4.69) is 39.9 Å². The first-order chi connectivity index (χ1) is 6.29. The van der Waals surface area contributed by atoms with Gasteiger partial charge in [0.15, 0.2) is 0 Å². The maximum Gasteiger partial charge on any atom is 0.0608 e. The third-order valence-corrected chi connectivity index (χ3v) is 2.92. The molecule has 1 N–H and O–H groups in total. The minimum Gasteiger partial charge on any atom is -0.378 e. The molecule has 2 heteroatoms. The number of aliphatic imine (C=N–C) groups is 1. The van der Waals surface area contributed by atoms with Crippen molar-refractivity contribution in [2.75, 3.05) is 0 Å². The summed E-state index contributed by atoms with van der Waals surface area (Å²) in [5, 5.41) is 3.57. The summed E-state index contributed by atoms with van der Waals surface area (Å²) in [7, 11) is 0. The number of allylic oxidation sites excluding steroid dienone is 1. The summed E-state index contributed by atoms with van der Waals surface area (Å²) < 4.78 is 0. The van der Waals surface area contributed by atoms with E-state index in [4.69, 9.17) is 4.99 Å². The van der Waals surface area contributed by atoms with E-state index < -0.39 is 0 Å². The molecule has 14 heavy (non-hydrogen) atoms. The molecular formula is C12H20N2. The highest BCUT2D eigenvalue weighted by Gasteiger charge is 2.37. The predicted octanol–water partition coefficient (Wildman–Crippen LogP) is 2.66. The van der Waals surface area contributed by atoms with Crippen molar-refractivity contribution in [1.29, 1.82) is 0 Å². The number of nitrogens with one attached hydrogen (secondary N) is 1. The molecule has 0 saturated carbocycles. The number of fused-ring (bicyclic) bond motifs is 1. The molecule has 2 rings (SSSR count). The summed E-state index contributed by atoms with van der Waals surface area (Å²) >= 11 is 0.